The Morgan fingerprint density at radius 3 is 2.21 bits per heavy atom. The summed E-state index contributed by atoms with van der Waals surface area (Å²) in [6.07, 6.45) is 2.95. The minimum absolute atomic E-state index is 0.0479. The second kappa shape index (κ2) is 14.6. The molecule has 0 saturated heterocycles. The van der Waals surface area contributed by atoms with Gasteiger partial charge in [0.1, 0.15) is 17.2 Å². The summed E-state index contributed by atoms with van der Waals surface area (Å²) in [5, 5.41) is 6.77. The maximum Gasteiger partial charge on any atom is 0.287 e. The SMILES string of the molecule is CCOc1cc(Br)c(C=NNC(=O)/C(=C/c2cc(OC)ccc2OC)NC(=O)c2ccccc2)cc1OCC. The summed E-state index contributed by atoms with van der Waals surface area (Å²) in [6.45, 7) is 4.70. The molecule has 204 valence electrons. The van der Waals surface area contributed by atoms with Crippen LogP contribution < -0.4 is 29.7 Å². The first-order chi connectivity index (χ1) is 18.9. The first-order valence-electron chi connectivity index (χ1n) is 12.1. The first kappa shape index (κ1) is 29.2. The van der Waals surface area contributed by atoms with E-state index < -0.39 is 11.8 Å². The Morgan fingerprint density at radius 2 is 1.56 bits per heavy atom. The van der Waals surface area contributed by atoms with Crippen molar-refractivity contribution in [3.8, 4) is 23.0 Å². The van der Waals surface area contributed by atoms with Crippen LogP contribution >= 0.6 is 15.9 Å². The fraction of sp³-hybridized carbons (Fsp3) is 0.207. The quantitative estimate of drug-likeness (QED) is 0.170. The van der Waals surface area contributed by atoms with Crippen molar-refractivity contribution in [2.45, 2.75) is 13.8 Å². The number of carbonyl (C=O) groups excluding carboxylic acids is 2. The molecule has 0 aliphatic rings. The molecule has 3 rings (SSSR count). The van der Waals surface area contributed by atoms with E-state index in [1.165, 1.54) is 26.5 Å². The Kier molecular flexibility index (Phi) is 10.9. The summed E-state index contributed by atoms with van der Waals surface area (Å²) in [4.78, 5) is 26.1. The van der Waals surface area contributed by atoms with E-state index in [9.17, 15) is 9.59 Å². The van der Waals surface area contributed by atoms with Gasteiger partial charge in [0, 0.05) is 21.2 Å². The molecule has 3 aromatic carbocycles. The lowest BCUT2D eigenvalue weighted by Crippen LogP contribution is -2.32. The van der Waals surface area contributed by atoms with Crippen LogP contribution in [0.2, 0.25) is 0 Å². The van der Waals surface area contributed by atoms with E-state index in [0.717, 1.165) is 0 Å². The van der Waals surface area contributed by atoms with Gasteiger partial charge < -0.3 is 24.3 Å². The number of amides is 2. The smallest absolute Gasteiger partial charge is 0.287 e. The molecule has 0 aliphatic heterocycles. The Morgan fingerprint density at radius 1 is 0.872 bits per heavy atom. The molecule has 0 saturated carbocycles. The van der Waals surface area contributed by atoms with Crippen LogP contribution in [0.15, 0.2) is 75.9 Å². The molecule has 0 radical (unpaired) electrons. The van der Waals surface area contributed by atoms with Crippen LogP contribution in [-0.4, -0.2) is 45.5 Å². The molecule has 10 heteroatoms. The van der Waals surface area contributed by atoms with Crippen molar-refractivity contribution in [1.82, 2.24) is 10.7 Å². The van der Waals surface area contributed by atoms with Crippen LogP contribution in [0, 0.1) is 0 Å². The molecule has 2 N–H and O–H groups in total. The highest BCUT2D eigenvalue weighted by Gasteiger charge is 2.16. The van der Waals surface area contributed by atoms with Crippen LogP contribution in [0.25, 0.3) is 6.08 Å². The van der Waals surface area contributed by atoms with E-state index in [0.29, 0.717) is 57.4 Å². The zero-order valence-electron chi connectivity index (χ0n) is 22.1. The van der Waals surface area contributed by atoms with Gasteiger partial charge >= 0.3 is 0 Å². The minimum atomic E-state index is -0.646. The summed E-state index contributed by atoms with van der Waals surface area (Å²) < 4.78 is 22.7. The Bertz CT molecular complexity index is 1360. The molecule has 3 aromatic rings. The third kappa shape index (κ3) is 8.08. The summed E-state index contributed by atoms with van der Waals surface area (Å²) >= 11 is 3.50. The minimum Gasteiger partial charge on any atom is -0.497 e. The van der Waals surface area contributed by atoms with Gasteiger partial charge in [-0.25, -0.2) is 5.43 Å². The molecule has 0 bridgehead atoms. The number of hydrogen-bond donors (Lipinski definition) is 2. The Balaban J connectivity index is 1.91. The summed E-state index contributed by atoms with van der Waals surface area (Å²) in [6, 6.07) is 17.2. The third-order valence-electron chi connectivity index (χ3n) is 5.30. The van der Waals surface area contributed by atoms with Gasteiger partial charge in [-0.05, 0) is 78.3 Å². The molecular formula is C29H30BrN3O6. The number of carbonyl (C=O) groups is 2. The zero-order valence-corrected chi connectivity index (χ0v) is 23.7. The normalized spacial score (nSPS) is 11.2. The lowest BCUT2D eigenvalue weighted by atomic mass is 10.1. The predicted octanol–water partition coefficient (Wildman–Crippen LogP) is 5.18. The van der Waals surface area contributed by atoms with Gasteiger partial charge in [-0.15, -0.1) is 0 Å². The standard InChI is InChI=1S/C29H30BrN3O6/c1-5-38-26-16-21(23(30)17-27(26)39-6-2)18-31-33-29(35)24(32-28(34)19-10-8-7-9-11-19)15-20-14-22(36-3)12-13-25(20)37-4/h7-18H,5-6H2,1-4H3,(H,32,34)(H,33,35)/b24-15-,31-18?. The van der Waals surface area contributed by atoms with E-state index in [1.807, 2.05) is 13.8 Å². The predicted molar refractivity (Wildman–Crippen MR) is 154 cm³/mol. The second-order valence-corrected chi connectivity index (χ2v) is 8.73. The van der Waals surface area contributed by atoms with Crippen LogP contribution in [0.1, 0.15) is 35.3 Å². The molecule has 0 aromatic heterocycles. The molecule has 39 heavy (non-hydrogen) atoms. The van der Waals surface area contributed by atoms with Gasteiger partial charge in [-0.2, -0.15) is 5.10 Å². The fourth-order valence-corrected chi connectivity index (χ4v) is 3.88. The number of halogens is 1. The van der Waals surface area contributed by atoms with E-state index >= 15 is 0 Å². The maximum absolute atomic E-state index is 13.2. The van der Waals surface area contributed by atoms with Gasteiger partial charge in [-0.1, -0.05) is 18.2 Å². The molecule has 0 spiro atoms. The second-order valence-electron chi connectivity index (χ2n) is 7.87. The topological polar surface area (TPSA) is 107 Å². The third-order valence-corrected chi connectivity index (χ3v) is 5.98. The molecule has 0 atom stereocenters. The molecular weight excluding hydrogens is 566 g/mol. The number of nitrogens with zero attached hydrogens (tertiary/aromatic N) is 1. The average Bonchev–Trinajstić information content (AvgIpc) is 2.95. The zero-order chi connectivity index (χ0) is 28.2. The molecule has 0 heterocycles. The number of rotatable bonds is 12. The van der Waals surface area contributed by atoms with Gasteiger partial charge in [0.15, 0.2) is 11.5 Å². The van der Waals surface area contributed by atoms with Crippen molar-refractivity contribution in [3.05, 3.63) is 87.5 Å². The molecule has 0 fully saturated rings. The highest BCUT2D eigenvalue weighted by molar-refractivity contribution is 9.10. The number of ether oxygens (including phenoxy) is 4. The van der Waals surface area contributed by atoms with Crippen molar-refractivity contribution in [1.29, 1.82) is 0 Å². The monoisotopic (exact) mass is 595 g/mol. The molecule has 0 unspecified atom stereocenters. The van der Waals surface area contributed by atoms with Crippen LogP contribution in [0.4, 0.5) is 0 Å². The van der Waals surface area contributed by atoms with Crippen molar-refractivity contribution < 1.29 is 28.5 Å². The van der Waals surface area contributed by atoms with E-state index in [4.69, 9.17) is 18.9 Å². The molecule has 9 nitrogen and oxygen atoms in total. The lowest BCUT2D eigenvalue weighted by molar-refractivity contribution is -0.117. The van der Waals surface area contributed by atoms with Crippen LogP contribution in [0.5, 0.6) is 23.0 Å². The van der Waals surface area contributed by atoms with Gasteiger partial charge in [0.05, 0.1) is 33.6 Å². The van der Waals surface area contributed by atoms with Crippen LogP contribution in [0.3, 0.4) is 0 Å². The number of hydrogen-bond acceptors (Lipinski definition) is 7. The van der Waals surface area contributed by atoms with E-state index in [2.05, 4.69) is 31.8 Å². The highest BCUT2D eigenvalue weighted by atomic mass is 79.9. The van der Waals surface area contributed by atoms with Crippen LogP contribution in [-0.2, 0) is 4.79 Å². The van der Waals surface area contributed by atoms with Gasteiger partial charge in [0.2, 0.25) is 0 Å². The fourth-order valence-electron chi connectivity index (χ4n) is 3.46. The Hall–Kier alpha value is -4.31. The summed E-state index contributed by atoms with van der Waals surface area (Å²) in [5.41, 5.74) is 3.99. The number of methoxy groups -OCH3 is 2. The molecule has 0 aliphatic carbocycles. The lowest BCUT2D eigenvalue weighted by Gasteiger charge is -2.13. The van der Waals surface area contributed by atoms with Crippen molar-refractivity contribution in [2.24, 2.45) is 5.10 Å². The summed E-state index contributed by atoms with van der Waals surface area (Å²) in [7, 11) is 3.04. The first-order valence-corrected chi connectivity index (χ1v) is 12.9. The maximum atomic E-state index is 13.2. The molecule has 2 amide bonds. The average molecular weight is 596 g/mol. The van der Waals surface area contributed by atoms with Crippen molar-refractivity contribution in [2.75, 3.05) is 27.4 Å². The van der Waals surface area contributed by atoms with Gasteiger partial charge in [-0.3, -0.25) is 9.59 Å². The van der Waals surface area contributed by atoms with Crippen molar-refractivity contribution in [3.63, 3.8) is 0 Å². The highest BCUT2D eigenvalue weighted by Crippen LogP contribution is 2.33. The number of hydrazone groups is 1. The largest absolute Gasteiger partial charge is 0.497 e. The summed E-state index contributed by atoms with van der Waals surface area (Å²) in [5.74, 6) is 1.08. The van der Waals surface area contributed by atoms with Gasteiger partial charge in [0.25, 0.3) is 11.8 Å². The van der Waals surface area contributed by atoms with Crippen molar-refractivity contribution >= 4 is 40.0 Å². The Labute approximate surface area is 235 Å². The number of nitrogens with one attached hydrogen (secondary N) is 2. The van der Waals surface area contributed by atoms with E-state index in [1.54, 1.807) is 60.7 Å². The van der Waals surface area contributed by atoms with E-state index in [-0.39, 0.29) is 5.70 Å². The number of benzene rings is 3.